The molecule has 2 nitrogen and oxygen atoms in total. The Balaban J connectivity index is 2.12. The van der Waals surface area contributed by atoms with Gasteiger partial charge in [0, 0.05) is 16.0 Å². The number of nitrogens with zero attached hydrogens (tertiary/aromatic N) is 2. The first-order chi connectivity index (χ1) is 8.79. The molecular formula is C14H16N2S2. The van der Waals surface area contributed by atoms with Gasteiger partial charge < -0.3 is 0 Å². The van der Waals surface area contributed by atoms with Crippen molar-refractivity contribution >= 4 is 33.3 Å². The lowest BCUT2D eigenvalue weighted by Gasteiger charge is -2.18. The van der Waals surface area contributed by atoms with E-state index in [0.29, 0.717) is 0 Å². The third-order valence-corrected chi connectivity index (χ3v) is 5.54. The molecular weight excluding hydrogens is 260 g/mol. The average Bonchev–Trinajstić information content (AvgIpc) is 2.73. The van der Waals surface area contributed by atoms with E-state index >= 15 is 0 Å². The molecule has 2 heterocycles. The second-order valence-corrected chi connectivity index (χ2v) is 6.90. The largest absolute Gasteiger partial charge is 0.229 e. The normalized spacial score (nSPS) is 18.8. The summed E-state index contributed by atoms with van der Waals surface area (Å²) in [5.41, 5.74) is 1.51. The first-order valence-electron chi connectivity index (χ1n) is 6.28. The Bertz CT molecular complexity index is 589. The van der Waals surface area contributed by atoms with E-state index in [1.807, 2.05) is 17.4 Å². The van der Waals surface area contributed by atoms with E-state index in [-0.39, 0.29) is 0 Å². The summed E-state index contributed by atoms with van der Waals surface area (Å²) < 4.78 is 0. The topological polar surface area (TPSA) is 25.8 Å². The molecule has 0 aliphatic heterocycles. The molecule has 0 aromatic carbocycles. The first kappa shape index (κ1) is 12.2. The molecule has 2 aromatic heterocycles. The predicted octanol–water partition coefficient (Wildman–Crippen LogP) is 4.09. The van der Waals surface area contributed by atoms with Gasteiger partial charge in [-0.15, -0.1) is 29.7 Å². The van der Waals surface area contributed by atoms with Gasteiger partial charge in [0.15, 0.2) is 0 Å². The van der Waals surface area contributed by atoms with Crippen molar-refractivity contribution in [1.29, 1.82) is 0 Å². The molecule has 0 saturated carbocycles. The fraction of sp³-hybridized carbons (Fsp3) is 0.429. The SMILES string of the molecule is C=CCSc1ncnc2sc3c(c12)CC[C@@H](C)C3. The van der Waals surface area contributed by atoms with E-state index in [0.717, 1.165) is 21.5 Å². The Kier molecular flexibility index (Phi) is 3.39. The fourth-order valence-corrected chi connectivity index (χ4v) is 4.67. The van der Waals surface area contributed by atoms with Crippen LogP contribution in [0.4, 0.5) is 0 Å². The van der Waals surface area contributed by atoms with Crippen LogP contribution < -0.4 is 0 Å². The van der Waals surface area contributed by atoms with Crippen LogP contribution in [0.1, 0.15) is 23.8 Å². The molecule has 0 fully saturated rings. The van der Waals surface area contributed by atoms with Gasteiger partial charge >= 0.3 is 0 Å². The lowest BCUT2D eigenvalue weighted by molar-refractivity contribution is 0.509. The molecule has 94 valence electrons. The van der Waals surface area contributed by atoms with Gasteiger partial charge in [0.2, 0.25) is 0 Å². The summed E-state index contributed by atoms with van der Waals surface area (Å²) in [6, 6.07) is 0. The van der Waals surface area contributed by atoms with Gasteiger partial charge in [0.1, 0.15) is 16.2 Å². The van der Waals surface area contributed by atoms with Crippen LogP contribution >= 0.6 is 23.1 Å². The predicted molar refractivity (Wildman–Crippen MR) is 79.5 cm³/mol. The van der Waals surface area contributed by atoms with Crippen molar-refractivity contribution in [3.63, 3.8) is 0 Å². The Labute approximate surface area is 116 Å². The number of hydrogen-bond acceptors (Lipinski definition) is 4. The number of rotatable bonds is 3. The molecule has 0 amide bonds. The van der Waals surface area contributed by atoms with Crippen LogP contribution in [0.25, 0.3) is 10.2 Å². The van der Waals surface area contributed by atoms with Crippen molar-refractivity contribution in [1.82, 2.24) is 9.97 Å². The van der Waals surface area contributed by atoms with Crippen molar-refractivity contribution in [3.8, 4) is 0 Å². The molecule has 0 spiro atoms. The summed E-state index contributed by atoms with van der Waals surface area (Å²) >= 11 is 3.63. The number of hydrogen-bond donors (Lipinski definition) is 0. The summed E-state index contributed by atoms with van der Waals surface area (Å²) in [4.78, 5) is 11.6. The second-order valence-electron chi connectivity index (χ2n) is 4.81. The molecule has 3 rings (SSSR count). The smallest absolute Gasteiger partial charge is 0.128 e. The molecule has 0 radical (unpaired) electrons. The molecule has 1 atom stereocenters. The molecule has 18 heavy (non-hydrogen) atoms. The van der Waals surface area contributed by atoms with E-state index in [1.54, 1.807) is 18.1 Å². The monoisotopic (exact) mass is 276 g/mol. The zero-order chi connectivity index (χ0) is 12.5. The van der Waals surface area contributed by atoms with Crippen LogP contribution in [0, 0.1) is 5.92 Å². The summed E-state index contributed by atoms with van der Waals surface area (Å²) in [7, 11) is 0. The Morgan fingerprint density at radius 3 is 3.28 bits per heavy atom. The highest BCUT2D eigenvalue weighted by Crippen LogP contribution is 2.40. The molecule has 0 bridgehead atoms. The zero-order valence-electron chi connectivity index (χ0n) is 10.5. The highest BCUT2D eigenvalue weighted by atomic mass is 32.2. The number of thioether (sulfide) groups is 1. The Morgan fingerprint density at radius 2 is 2.44 bits per heavy atom. The highest BCUT2D eigenvalue weighted by molar-refractivity contribution is 7.99. The van der Waals surface area contributed by atoms with E-state index < -0.39 is 0 Å². The molecule has 2 aromatic rings. The minimum absolute atomic E-state index is 0.808. The highest BCUT2D eigenvalue weighted by Gasteiger charge is 2.22. The lowest BCUT2D eigenvalue weighted by atomic mass is 9.89. The quantitative estimate of drug-likeness (QED) is 0.479. The Hall–Kier alpha value is -0.870. The average molecular weight is 276 g/mol. The summed E-state index contributed by atoms with van der Waals surface area (Å²) in [6.07, 6.45) is 7.31. The van der Waals surface area contributed by atoms with Crippen molar-refractivity contribution < 1.29 is 0 Å². The fourth-order valence-electron chi connectivity index (χ4n) is 2.49. The van der Waals surface area contributed by atoms with Gasteiger partial charge in [-0.2, -0.15) is 0 Å². The minimum Gasteiger partial charge on any atom is -0.229 e. The van der Waals surface area contributed by atoms with E-state index in [2.05, 4.69) is 23.5 Å². The summed E-state index contributed by atoms with van der Waals surface area (Å²) in [5.74, 6) is 1.72. The zero-order valence-corrected chi connectivity index (χ0v) is 12.1. The maximum absolute atomic E-state index is 4.45. The van der Waals surface area contributed by atoms with Gasteiger partial charge in [-0.3, -0.25) is 0 Å². The van der Waals surface area contributed by atoms with Crippen molar-refractivity contribution in [3.05, 3.63) is 29.4 Å². The van der Waals surface area contributed by atoms with Crippen LogP contribution in [0.3, 0.4) is 0 Å². The molecule has 0 N–H and O–H groups in total. The minimum atomic E-state index is 0.808. The van der Waals surface area contributed by atoms with Crippen LogP contribution in [0.15, 0.2) is 24.0 Å². The maximum atomic E-state index is 4.45. The summed E-state index contributed by atoms with van der Waals surface area (Å²) in [6.45, 7) is 6.12. The van der Waals surface area contributed by atoms with E-state index in [4.69, 9.17) is 0 Å². The third-order valence-electron chi connectivity index (χ3n) is 3.39. The Morgan fingerprint density at radius 1 is 1.56 bits per heavy atom. The standard InChI is InChI=1S/C14H16N2S2/c1-3-6-17-13-12-10-5-4-9(2)7-11(10)18-14(12)16-8-15-13/h3,8-9H,1,4-7H2,2H3/t9-/m1/s1. The molecule has 1 aliphatic carbocycles. The maximum Gasteiger partial charge on any atom is 0.128 e. The molecule has 4 heteroatoms. The molecule has 1 aliphatic rings. The third kappa shape index (κ3) is 2.08. The van der Waals surface area contributed by atoms with Gasteiger partial charge in [0.05, 0.1) is 0 Å². The van der Waals surface area contributed by atoms with E-state index in [1.165, 1.54) is 35.1 Å². The van der Waals surface area contributed by atoms with Gasteiger partial charge in [-0.1, -0.05) is 13.0 Å². The van der Waals surface area contributed by atoms with Gasteiger partial charge in [-0.25, -0.2) is 9.97 Å². The van der Waals surface area contributed by atoms with Gasteiger partial charge in [0.25, 0.3) is 0 Å². The lowest BCUT2D eigenvalue weighted by Crippen LogP contribution is -2.08. The van der Waals surface area contributed by atoms with Crippen molar-refractivity contribution in [2.45, 2.75) is 31.2 Å². The molecule has 0 unspecified atom stereocenters. The van der Waals surface area contributed by atoms with Crippen LogP contribution in [0.2, 0.25) is 0 Å². The number of aromatic nitrogens is 2. The molecule has 0 saturated heterocycles. The van der Waals surface area contributed by atoms with Crippen LogP contribution in [0.5, 0.6) is 0 Å². The van der Waals surface area contributed by atoms with Gasteiger partial charge in [-0.05, 0) is 30.7 Å². The van der Waals surface area contributed by atoms with Crippen LogP contribution in [-0.2, 0) is 12.8 Å². The summed E-state index contributed by atoms with van der Waals surface area (Å²) in [5, 5.41) is 2.45. The van der Waals surface area contributed by atoms with E-state index in [9.17, 15) is 0 Å². The number of aryl methyl sites for hydroxylation is 1. The number of fused-ring (bicyclic) bond motifs is 3. The number of thiophene rings is 1. The van der Waals surface area contributed by atoms with Crippen molar-refractivity contribution in [2.24, 2.45) is 5.92 Å². The van der Waals surface area contributed by atoms with Crippen LogP contribution in [-0.4, -0.2) is 15.7 Å². The second kappa shape index (κ2) is 5.02. The van der Waals surface area contributed by atoms with Crippen molar-refractivity contribution in [2.75, 3.05) is 5.75 Å². The first-order valence-corrected chi connectivity index (χ1v) is 8.08.